The Labute approximate surface area is 136 Å². The average molecular weight is 340 g/mol. The van der Waals surface area contributed by atoms with E-state index in [9.17, 15) is 9.59 Å². The van der Waals surface area contributed by atoms with Crippen molar-refractivity contribution in [1.29, 1.82) is 0 Å². The molecule has 1 unspecified atom stereocenters. The maximum absolute atomic E-state index is 10.8. The number of hydrogen-bond acceptors (Lipinski definition) is 8. The van der Waals surface area contributed by atoms with Gasteiger partial charge in [-0.1, -0.05) is 6.92 Å². The van der Waals surface area contributed by atoms with E-state index in [0.717, 1.165) is 15.7 Å². The van der Waals surface area contributed by atoms with E-state index in [1.54, 1.807) is 0 Å². The first-order valence-electron chi connectivity index (χ1n) is 6.62. The van der Waals surface area contributed by atoms with E-state index in [0.29, 0.717) is 12.3 Å². The summed E-state index contributed by atoms with van der Waals surface area (Å²) in [7, 11) is 0. The second kappa shape index (κ2) is 7.46. The van der Waals surface area contributed by atoms with E-state index in [1.807, 2.05) is 17.7 Å². The first kappa shape index (κ1) is 16.6. The van der Waals surface area contributed by atoms with Gasteiger partial charge in [-0.15, -0.1) is 22.7 Å². The highest BCUT2D eigenvalue weighted by atomic mass is 32.1. The summed E-state index contributed by atoms with van der Waals surface area (Å²) in [5.74, 6) is -0.577. The summed E-state index contributed by atoms with van der Waals surface area (Å²) in [5.41, 5.74) is 1.49. The van der Waals surface area contributed by atoms with Crippen LogP contribution in [0.4, 0.5) is 0 Å². The molecule has 8 heteroatoms. The molecule has 2 heterocycles. The minimum Gasteiger partial charge on any atom is -0.465 e. The van der Waals surface area contributed by atoms with E-state index >= 15 is 0 Å². The third-order valence-electron chi connectivity index (χ3n) is 2.67. The molecule has 0 aliphatic carbocycles. The average Bonchev–Trinajstić information content (AvgIpc) is 3.10. The lowest BCUT2D eigenvalue weighted by atomic mass is 10.2. The van der Waals surface area contributed by atoms with Gasteiger partial charge in [-0.3, -0.25) is 9.59 Å². The fourth-order valence-corrected chi connectivity index (χ4v) is 3.28. The Hall–Kier alpha value is -1.80. The van der Waals surface area contributed by atoms with Gasteiger partial charge in [0.25, 0.3) is 0 Å². The van der Waals surface area contributed by atoms with Gasteiger partial charge in [0, 0.05) is 30.5 Å². The molecule has 2 aromatic heterocycles. The van der Waals surface area contributed by atoms with Crippen LogP contribution in [0.15, 0.2) is 10.8 Å². The van der Waals surface area contributed by atoms with Crippen molar-refractivity contribution in [2.75, 3.05) is 6.61 Å². The van der Waals surface area contributed by atoms with E-state index in [-0.39, 0.29) is 24.5 Å². The molecule has 22 heavy (non-hydrogen) atoms. The van der Waals surface area contributed by atoms with Gasteiger partial charge in [-0.25, -0.2) is 9.97 Å². The molecule has 0 fully saturated rings. The fourth-order valence-electron chi connectivity index (χ4n) is 1.59. The maximum Gasteiger partial charge on any atom is 0.303 e. The number of carbonyl (C=O) groups is 2. The van der Waals surface area contributed by atoms with Crippen LogP contribution in [0.3, 0.4) is 0 Å². The van der Waals surface area contributed by atoms with Crippen molar-refractivity contribution in [2.24, 2.45) is 0 Å². The molecule has 2 rings (SSSR count). The molecule has 0 bridgehead atoms. The first-order valence-corrected chi connectivity index (χ1v) is 8.38. The van der Waals surface area contributed by atoms with Crippen LogP contribution in [0.25, 0.3) is 10.7 Å². The smallest absolute Gasteiger partial charge is 0.303 e. The number of rotatable bonds is 6. The van der Waals surface area contributed by atoms with Crippen LogP contribution in [-0.2, 0) is 25.7 Å². The molecular formula is C14H16N2O4S2. The largest absolute Gasteiger partial charge is 0.465 e. The van der Waals surface area contributed by atoms with Gasteiger partial charge in [-0.2, -0.15) is 0 Å². The first-order chi connectivity index (χ1) is 10.5. The van der Waals surface area contributed by atoms with E-state index in [4.69, 9.17) is 9.47 Å². The fraction of sp³-hybridized carbons (Fsp3) is 0.429. The Balaban J connectivity index is 2.01. The molecule has 0 saturated carbocycles. The lowest BCUT2D eigenvalue weighted by Crippen LogP contribution is -2.07. The molecule has 1 atom stereocenters. The molecule has 2 aromatic rings. The highest BCUT2D eigenvalue weighted by molar-refractivity contribution is 7.14. The van der Waals surface area contributed by atoms with Gasteiger partial charge >= 0.3 is 11.9 Å². The third kappa shape index (κ3) is 4.60. The van der Waals surface area contributed by atoms with E-state index in [1.165, 1.54) is 36.5 Å². The van der Waals surface area contributed by atoms with Crippen molar-refractivity contribution in [1.82, 2.24) is 9.97 Å². The quantitative estimate of drug-likeness (QED) is 0.752. The SMILES string of the molecule is CC(=O)OCc1csc(-c2csc(C(C)COC(C)=O)n2)n1. The monoisotopic (exact) mass is 340 g/mol. The summed E-state index contributed by atoms with van der Waals surface area (Å²) in [6.45, 7) is 5.20. The lowest BCUT2D eigenvalue weighted by molar-refractivity contribution is -0.142. The Bertz CT molecular complexity index is 665. The van der Waals surface area contributed by atoms with Gasteiger partial charge in [0.2, 0.25) is 0 Å². The second-order valence-corrected chi connectivity index (χ2v) is 6.45. The number of esters is 2. The van der Waals surface area contributed by atoms with Crippen LogP contribution < -0.4 is 0 Å². The zero-order valence-corrected chi connectivity index (χ0v) is 14.1. The van der Waals surface area contributed by atoms with Crippen LogP contribution in [0.5, 0.6) is 0 Å². The van der Waals surface area contributed by atoms with Gasteiger partial charge in [0.15, 0.2) is 0 Å². The molecule has 0 amide bonds. The molecule has 0 radical (unpaired) electrons. The van der Waals surface area contributed by atoms with Crippen molar-refractivity contribution in [3.8, 4) is 10.7 Å². The maximum atomic E-state index is 10.8. The highest BCUT2D eigenvalue weighted by Crippen LogP contribution is 2.29. The molecule has 0 aromatic carbocycles. The van der Waals surface area contributed by atoms with Gasteiger partial charge in [-0.05, 0) is 0 Å². The Morgan fingerprint density at radius 3 is 2.55 bits per heavy atom. The summed E-state index contributed by atoms with van der Waals surface area (Å²) in [4.78, 5) is 30.6. The van der Waals surface area contributed by atoms with Crippen molar-refractivity contribution < 1.29 is 19.1 Å². The van der Waals surface area contributed by atoms with Crippen molar-refractivity contribution >= 4 is 34.6 Å². The number of hydrogen-bond donors (Lipinski definition) is 0. The molecule has 0 N–H and O–H groups in total. The van der Waals surface area contributed by atoms with E-state index in [2.05, 4.69) is 9.97 Å². The van der Waals surface area contributed by atoms with Gasteiger partial charge in [0.05, 0.1) is 10.7 Å². The van der Waals surface area contributed by atoms with Gasteiger partial charge < -0.3 is 9.47 Å². The third-order valence-corrected chi connectivity index (χ3v) is 4.66. The number of carbonyl (C=O) groups excluding carboxylic acids is 2. The Morgan fingerprint density at radius 1 is 1.14 bits per heavy atom. The number of aromatic nitrogens is 2. The van der Waals surface area contributed by atoms with E-state index < -0.39 is 0 Å². The zero-order valence-electron chi connectivity index (χ0n) is 12.5. The summed E-state index contributed by atoms with van der Waals surface area (Å²) < 4.78 is 9.91. The lowest BCUT2D eigenvalue weighted by Gasteiger charge is -2.07. The standard InChI is InChI=1S/C14H16N2O4S2/c1-8(4-19-9(2)17)13-16-12(7-22-13)14-15-11(6-21-14)5-20-10(3)18/h6-8H,4-5H2,1-3H3. The van der Waals surface area contributed by atoms with Crippen LogP contribution in [0, 0.1) is 0 Å². The van der Waals surface area contributed by atoms with Crippen LogP contribution in [0.2, 0.25) is 0 Å². The molecule has 0 aliphatic heterocycles. The molecule has 118 valence electrons. The minimum atomic E-state index is -0.329. The van der Waals surface area contributed by atoms with Gasteiger partial charge in [0.1, 0.15) is 23.9 Å². The molecule has 0 saturated heterocycles. The summed E-state index contributed by atoms with van der Waals surface area (Å²) in [6, 6.07) is 0. The van der Waals surface area contributed by atoms with Crippen molar-refractivity contribution in [3.63, 3.8) is 0 Å². The van der Waals surface area contributed by atoms with Crippen LogP contribution in [-0.4, -0.2) is 28.5 Å². The Morgan fingerprint density at radius 2 is 1.86 bits per heavy atom. The Kier molecular flexibility index (Phi) is 5.62. The number of thiazole rings is 2. The number of ether oxygens (including phenoxy) is 2. The molecule has 6 nitrogen and oxygen atoms in total. The molecule has 0 spiro atoms. The molecule has 0 aliphatic rings. The van der Waals surface area contributed by atoms with Crippen LogP contribution >= 0.6 is 22.7 Å². The normalized spacial score (nSPS) is 12.0. The highest BCUT2D eigenvalue weighted by Gasteiger charge is 2.15. The zero-order chi connectivity index (χ0) is 16.1. The summed E-state index contributed by atoms with van der Waals surface area (Å²) in [6.07, 6.45) is 0. The van der Waals surface area contributed by atoms with Crippen LogP contribution in [0.1, 0.15) is 37.4 Å². The van der Waals surface area contributed by atoms with Crippen molar-refractivity contribution in [3.05, 3.63) is 21.5 Å². The molecular weight excluding hydrogens is 324 g/mol. The minimum absolute atomic E-state index is 0.0446. The number of nitrogens with zero attached hydrogens (tertiary/aromatic N) is 2. The predicted octanol–water partition coefficient (Wildman–Crippen LogP) is 3.00. The van der Waals surface area contributed by atoms with Crippen molar-refractivity contribution in [2.45, 2.75) is 33.3 Å². The summed E-state index contributed by atoms with van der Waals surface area (Å²) in [5, 5.41) is 5.45. The second-order valence-electron chi connectivity index (χ2n) is 4.70. The topological polar surface area (TPSA) is 78.4 Å². The summed E-state index contributed by atoms with van der Waals surface area (Å²) >= 11 is 2.96. The predicted molar refractivity (Wildman–Crippen MR) is 83.7 cm³/mol.